The average molecular weight is 371 g/mol. The van der Waals surface area contributed by atoms with Crippen molar-refractivity contribution in [3.05, 3.63) is 35.9 Å². The fraction of sp³-hybridized carbons (Fsp3) is 0.682. The van der Waals surface area contributed by atoms with E-state index in [0.717, 1.165) is 38.5 Å². The number of carbonyl (C=O) groups is 1. The smallest absolute Gasteiger partial charge is 0.229 e. The molecular formula is C22H34N4O. The highest BCUT2D eigenvalue weighted by Crippen LogP contribution is 2.27. The minimum absolute atomic E-state index is 0.0164. The Balaban J connectivity index is 1.33. The molecule has 0 bridgehead atoms. The van der Waals surface area contributed by atoms with Gasteiger partial charge in [0, 0.05) is 32.7 Å². The third-order valence-corrected chi connectivity index (χ3v) is 6.60. The van der Waals surface area contributed by atoms with Crippen LogP contribution in [-0.4, -0.2) is 55.0 Å². The van der Waals surface area contributed by atoms with Gasteiger partial charge in [0.05, 0.1) is 12.0 Å². The number of hydrazine groups is 1. The molecule has 2 aliphatic heterocycles. The molecule has 1 saturated carbocycles. The Kier molecular flexibility index (Phi) is 6.43. The molecule has 2 unspecified atom stereocenters. The van der Waals surface area contributed by atoms with Crippen molar-refractivity contribution in [2.75, 3.05) is 39.3 Å². The van der Waals surface area contributed by atoms with E-state index >= 15 is 0 Å². The summed E-state index contributed by atoms with van der Waals surface area (Å²) in [5.74, 6) is 1.17. The molecule has 3 fully saturated rings. The summed E-state index contributed by atoms with van der Waals surface area (Å²) >= 11 is 0. The van der Waals surface area contributed by atoms with Crippen LogP contribution < -0.4 is 10.9 Å². The summed E-state index contributed by atoms with van der Waals surface area (Å²) in [7, 11) is 0. The molecular weight excluding hydrogens is 336 g/mol. The number of rotatable bonds is 4. The van der Waals surface area contributed by atoms with Crippen molar-refractivity contribution in [2.45, 2.75) is 44.6 Å². The lowest BCUT2D eigenvalue weighted by atomic mass is 9.89. The van der Waals surface area contributed by atoms with E-state index in [-0.39, 0.29) is 12.0 Å². The number of benzene rings is 1. The van der Waals surface area contributed by atoms with Crippen LogP contribution in [0, 0.1) is 11.8 Å². The summed E-state index contributed by atoms with van der Waals surface area (Å²) in [6.07, 6.45) is 8.14. The van der Waals surface area contributed by atoms with E-state index in [2.05, 4.69) is 32.8 Å². The van der Waals surface area contributed by atoms with Gasteiger partial charge in [0.1, 0.15) is 0 Å². The van der Waals surface area contributed by atoms with Gasteiger partial charge in [-0.3, -0.25) is 10.2 Å². The summed E-state index contributed by atoms with van der Waals surface area (Å²) in [6.45, 7) is 5.90. The van der Waals surface area contributed by atoms with Crippen LogP contribution in [0.25, 0.3) is 0 Å². The van der Waals surface area contributed by atoms with Crippen LogP contribution in [-0.2, 0) is 4.79 Å². The fourth-order valence-electron chi connectivity index (χ4n) is 5.05. The van der Waals surface area contributed by atoms with Crippen LogP contribution in [0.2, 0.25) is 0 Å². The van der Waals surface area contributed by atoms with Crippen LogP contribution in [0.5, 0.6) is 0 Å². The van der Waals surface area contributed by atoms with E-state index < -0.39 is 0 Å². The van der Waals surface area contributed by atoms with Crippen molar-refractivity contribution in [2.24, 2.45) is 11.8 Å². The highest BCUT2D eigenvalue weighted by atomic mass is 16.2. The monoisotopic (exact) mass is 370 g/mol. The third kappa shape index (κ3) is 4.71. The first-order valence-electron chi connectivity index (χ1n) is 10.9. The molecule has 0 spiro atoms. The molecule has 1 aliphatic carbocycles. The van der Waals surface area contributed by atoms with Crippen LogP contribution in [0.1, 0.15) is 50.1 Å². The summed E-state index contributed by atoms with van der Waals surface area (Å²) in [5.41, 5.74) is 7.71. The Hall–Kier alpha value is -1.43. The zero-order chi connectivity index (χ0) is 18.5. The zero-order valence-corrected chi connectivity index (χ0v) is 16.4. The normalized spacial score (nSPS) is 28.2. The molecule has 4 rings (SSSR count). The van der Waals surface area contributed by atoms with Crippen LogP contribution >= 0.6 is 0 Å². The van der Waals surface area contributed by atoms with Gasteiger partial charge in [-0.05, 0) is 37.3 Å². The Morgan fingerprint density at radius 3 is 2.59 bits per heavy atom. The lowest BCUT2D eigenvalue weighted by Gasteiger charge is -2.29. The Morgan fingerprint density at radius 1 is 0.963 bits per heavy atom. The molecule has 1 aromatic carbocycles. The van der Waals surface area contributed by atoms with Gasteiger partial charge in [-0.15, -0.1) is 0 Å². The number of hydrogen-bond donors (Lipinski definition) is 2. The molecule has 2 N–H and O–H groups in total. The summed E-state index contributed by atoms with van der Waals surface area (Å²) < 4.78 is 0. The molecule has 5 nitrogen and oxygen atoms in total. The van der Waals surface area contributed by atoms with Gasteiger partial charge in [-0.2, -0.15) is 0 Å². The molecule has 2 atom stereocenters. The van der Waals surface area contributed by atoms with E-state index in [4.69, 9.17) is 0 Å². The second kappa shape index (κ2) is 9.18. The highest BCUT2D eigenvalue weighted by Gasteiger charge is 2.36. The summed E-state index contributed by atoms with van der Waals surface area (Å²) in [4.78, 5) is 18.0. The van der Waals surface area contributed by atoms with Gasteiger partial charge >= 0.3 is 0 Å². The maximum absolute atomic E-state index is 13.3. The number of nitrogens with zero attached hydrogens (tertiary/aromatic N) is 2. The molecule has 1 amide bonds. The SMILES string of the molecule is O=C(C1CNNC1c1ccccc1)N1CCCN(CC2CCCCC2)CC1. The van der Waals surface area contributed by atoms with Crippen LogP contribution in [0.3, 0.4) is 0 Å². The van der Waals surface area contributed by atoms with Gasteiger partial charge in [0.15, 0.2) is 0 Å². The van der Waals surface area contributed by atoms with Crippen molar-refractivity contribution in [3.63, 3.8) is 0 Å². The van der Waals surface area contributed by atoms with Crippen molar-refractivity contribution in [1.82, 2.24) is 20.7 Å². The molecule has 0 radical (unpaired) electrons. The molecule has 2 heterocycles. The largest absolute Gasteiger partial charge is 0.341 e. The summed E-state index contributed by atoms with van der Waals surface area (Å²) in [6, 6.07) is 10.4. The summed E-state index contributed by atoms with van der Waals surface area (Å²) in [5, 5.41) is 0. The molecule has 3 aliphatic rings. The lowest BCUT2D eigenvalue weighted by Crippen LogP contribution is -2.41. The fourth-order valence-corrected chi connectivity index (χ4v) is 5.05. The number of amides is 1. The predicted octanol–water partition coefficient (Wildman–Crippen LogP) is 2.57. The minimum atomic E-state index is -0.0164. The predicted molar refractivity (Wildman–Crippen MR) is 108 cm³/mol. The van der Waals surface area contributed by atoms with Gasteiger partial charge in [0.2, 0.25) is 5.91 Å². The lowest BCUT2D eigenvalue weighted by molar-refractivity contribution is -0.135. The second-order valence-corrected chi connectivity index (χ2v) is 8.50. The molecule has 0 aromatic heterocycles. The Morgan fingerprint density at radius 2 is 1.78 bits per heavy atom. The third-order valence-electron chi connectivity index (χ3n) is 6.60. The van der Waals surface area contributed by atoms with Gasteiger partial charge < -0.3 is 9.80 Å². The molecule has 27 heavy (non-hydrogen) atoms. The first-order valence-corrected chi connectivity index (χ1v) is 10.9. The number of nitrogens with one attached hydrogen (secondary N) is 2. The van der Waals surface area contributed by atoms with Crippen LogP contribution in [0.15, 0.2) is 30.3 Å². The Labute approximate surface area is 163 Å². The van der Waals surface area contributed by atoms with Crippen molar-refractivity contribution < 1.29 is 4.79 Å². The highest BCUT2D eigenvalue weighted by molar-refractivity contribution is 5.80. The van der Waals surface area contributed by atoms with E-state index in [0.29, 0.717) is 12.5 Å². The number of carbonyl (C=O) groups excluding carboxylic acids is 1. The minimum Gasteiger partial charge on any atom is -0.341 e. The first kappa shape index (κ1) is 18.9. The zero-order valence-electron chi connectivity index (χ0n) is 16.4. The van der Waals surface area contributed by atoms with Crippen molar-refractivity contribution in [1.29, 1.82) is 0 Å². The molecule has 2 saturated heterocycles. The van der Waals surface area contributed by atoms with Gasteiger partial charge in [-0.25, -0.2) is 5.43 Å². The van der Waals surface area contributed by atoms with E-state index in [1.807, 2.05) is 18.2 Å². The molecule has 5 heteroatoms. The quantitative estimate of drug-likeness (QED) is 0.855. The molecule has 1 aromatic rings. The average Bonchev–Trinajstić information content (AvgIpc) is 3.10. The second-order valence-electron chi connectivity index (χ2n) is 8.50. The topological polar surface area (TPSA) is 47.6 Å². The van der Waals surface area contributed by atoms with Crippen molar-refractivity contribution >= 4 is 5.91 Å². The standard InChI is InChI=1S/C22H34N4O/c27-22(20-16-23-24-21(20)19-10-5-2-6-11-19)26-13-7-12-25(14-15-26)17-18-8-3-1-4-9-18/h2,5-6,10-11,18,20-21,23-24H,1,3-4,7-9,12-17H2. The number of hydrogen-bond acceptors (Lipinski definition) is 4. The van der Waals surface area contributed by atoms with E-state index in [1.54, 1.807) is 0 Å². The molecule has 148 valence electrons. The van der Waals surface area contributed by atoms with Crippen molar-refractivity contribution in [3.8, 4) is 0 Å². The van der Waals surface area contributed by atoms with E-state index in [1.165, 1.54) is 44.2 Å². The van der Waals surface area contributed by atoms with Gasteiger partial charge in [0.25, 0.3) is 0 Å². The maximum Gasteiger partial charge on any atom is 0.229 e. The maximum atomic E-state index is 13.3. The van der Waals surface area contributed by atoms with Crippen LogP contribution in [0.4, 0.5) is 0 Å². The van der Waals surface area contributed by atoms with E-state index in [9.17, 15) is 4.79 Å². The van der Waals surface area contributed by atoms with Gasteiger partial charge in [-0.1, -0.05) is 49.6 Å². The first-order chi connectivity index (χ1) is 13.3. The Bertz CT molecular complexity index is 602.